The minimum absolute atomic E-state index is 0.0328. The van der Waals surface area contributed by atoms with Gasteiger partial charge in [0.05, 0.1) is 12.2 Å². The summed E-state index contributed by atoms with van der Waals surface area (Å²) in [5, 5.41) is 3.35. The molecule has 0 saturated carbocycles. The number of rotatable bonds is 2. The molecular weight excluding hydrogens is 253 g/mol. The van der Waals surface area contributed by atoms with E-state index in [0.717, 1.165) is 24.2 Å². The first-order chi connectivity index (χ1) is 9.74. The van der Waals surface area contributed by atoms with Crippen molar-refractivity contribution in [2.24, 2.45) is 0 Å². The van der Waals surface area contributed by atoms with E-state index in [1.165, 1.54) is 6.07 Å². The maximum Gasteiger partial charge on any atom is 0.131 e. The van der Waals surface area contributed by atoms with E-state index in [0.29, 0.717) is 5.56 Å². The van der Waals surface area contributed by atoms with Crippen molar-refractivity contribution in [3.8, 4) is 11.1 Å². The van der Waals surface area contributed by atoms with E-state index >= 15 is 0 Å². The fourth-order valence-corrected chi connectivity index (χ4v) is 2.59. The van der Waals surface area contributed by atoms with Gasteiger partial charge in [0.1, 0.15) is 5.82 Å². The SMILES string of the molecule is CC1CNCC(c2cccc(-c3ccccc3F)c2)O1. The molecule has 3 rings (SSSR count). The van der Waals surface area contributed by atoms with Crippen LogP contribution in [0.1, 0.15) is 18.6 Å². The first kappa shape index (κ1) is 13.3. The molecule has 1 aliphatic heterocycles. The van der Waals surface area contributed by atoms with E-state index < -0.39 is 0 Å². The van der Waals surface area contributed by atoms with Crippen LogP contribution in [0.25, 0.3) is 11.1 Å². The van der Waals surface area contributed by atoms with Gasteiger partial charge in [-0.2, -0.15) is 0 Å². The molecule has 0 aliphatic carbocycles. The Labute approximate surface area is 118 Å². The predicted octanol–water partition coefficient (Wildman–Crippen LogP) is 3.54. The molecule has 2 nitrogen and oxygen atoms in total. The molecule has 0 spiro atoms. The molecule has 0 radical (unpaired) electrons. The van der Waals surface area contributed by atoms with Crippen LogP contribution in [0, 0.1) is 5.82 Å². The highest BCUT2D eigenvalue weighted by atomic mass is 19.1. The third-order valence-electron chi connectivity index (χ3n) is 3.60. The minimum Gasteiger partial charge on any atom is -0.368 e. The molecule has 2 aromatic rings. The summed E-state index contributed by atoms with van der Waals surface area (Å²) in [5.74, 6) is -0.194. The number of benzene rings is 2. The minimum atomic E-state index is -0.194. The Morgan fingerprint density at radius 3 is 2.75 bits per heavy atom. The average molecular weight is 271 g/mol. The summed E-state index contributed by atoms with van der Waals surface area (Å²) in [4.78, 5) is 0. The number of ether oxygens (including phenoxy) is 1. The van der Waals surface area contributed by atoms with Crippen LogP contribution < -0.4 is 5.32 Å². The Balaban J connectivity index is 1.92. The molecule has 2 aromatic carbocycles. The van der Waals surface area contributed by atoms with Gasteiger partial charge in [-0.1, -0.05) is 36.4 Å². The molecule has 1 aliphatic rings. The number of hydrogen-bond acceptors (Lipinski definition) is 2. The normalized spacial score (nSPS) is 22.7. The lowest BCUT2D eigenvalue weighted by Gasteiger charge is -2.29. The van der Waals surface area contributed by atoms with Crippen LogP contribution in [0.4, 0.5) is 4.39 Å². The second-order valence-electron chi connectivity index (χ2n) is 5.20. The molecule has 1 saturated heterocycles. The van der Waals surface area contributed by atoms with Gasteiger partial charge in [0, 0.05) is 18.7 Å². The molecule has 1 heterocycles. The first-order valence-electron chi connectivity index (χ1n) is 6.95. The van der Waals surface area contributed by atoms with Gasteiger partial charge in [0.2, 0.25) is 0 Å². The van der Waals surface area contributed by atoms with Crippen molar-refractivity contribution < 1.29 is 9.13 Å². The highest BCUT2D eigenvalue weighted by Crippen LogP contribution is 2.28. The maximum absolute atomic E-state index is 13.9. The topological polar surface area (TPSA) is 21.3 Å². The van der Waals surface area contributed by atoms with E-state index in [1.54, 1.807) is 12.1 Å². The van der Waals surface area contributed by atoms with E-state index in [1.807, 2.05) is 30.3 Å². The van der Waals surface area contributed by atoms with Crippen LogP contribution in [0.5, 0.6) is 0 Å². The van der Waals surface area contributed by atoms with Crippen molar-refractivity contribution in [1.29, 1.82) is 0 Å². The lowest BCUT2D eigenvalue weighted by Crippen LogP contribution is -2.38. The molecule has 0 bridgehead atoms. The van der Waals surface area contributed by atoms with Crippen molar-refractivity contribution in [3.63, 3.8) is 0 Å². The monoisotopic (exact) mass is 271 g/mol. The predicted molar refractivity (Wildman–Crippen MR) is 78.0 cm³/mol. The third kappa shape index (κ3) is 2.74. The third-order valence-corrected chi connectivity index (χ3v) is 3.60. The summed E-state index contributed by atoms with van der Waals surface area (Å²) in [6, 6.07) is 14.8. The lowest BCUT2D eigenvalue weighted by atomic mass is 9.99. The van der Waals surface area contributed by atoms with Crippen LogP contribution in [0.15, 0.2) is 48.5 Å². The quantitative estimate of drug-likeness (QED) is 0.902. The zero-order valence-electron chi connectivity index (χ0n) is 11.5. The molecule has 2 unspecified atom stereocenters. The smallest absolute Gasteiger partial charge is 0.131 e. The van der Waals surface area contributed by atoms with Crippen molar-refractivity contribution in [3.05, 3.63) is 59.9 Å². The summed E-state index contributed by atoms with van der Waals surface area (Å²) < 4.78 is 19.8. The molecule has 3 heteroatoms. The Bertz CT molecular complexity index is 599. The van der Waals surface area contributed by atoms with Crippen LogP contribution in [-0.4, -0.2) is 19.2 Å². The Morgan fingerprint density at radius 2 is 1.95 bits per heavy atom. The van der Waals surface area contributed by atoms with Crippen molar-refractivity contribution in [1.82, 2.24) is 5.32 Å². The second-order valence-corrected chi connectivity index (χ2v) is 5.20. The van der Waals surface area contributed by atoms with Gasteiger partial charge >= 0.3 is 0 Å². The first-order valence-corrected chi connectivity index (χ1v) is 6.95. The largest absolute Gasteiger partial charge is 0.368 e. The van der Waals surface area contributed by atoms with Gasteiger partial charge in [-0.25, -0.2) is 4.39 Å². The van der Waals surface area contributed by atoms with Crippen LogP contribution in [-0.2, 0) is 4.74 Å². The van der Waals surface area contributed by atoms with Crippen molar-refractivity contribution >= 4 is 0 Å². The van der Waals surface area contributed by atoms with E-state index in [2.05, 4.69) is 12.2 Å². The van der Waals surface area contributed by atoms with E-state index in [4.69, 9.17) is 4.74 Å². The van der Waals surface area contributed by atoms with Gasteiger partial charge in [-0.05, 0) is 30.2 Å². The van der Waals surface area contributed by atoms with Gasteiger partial charge in [0.25, 0.3) is 0 Å². The average Bonchev–Trinajstić information content (AvgIpc) is 2.48. The molecular formula is C17H18FNO. The lowest BCUT2D eigenvalue weighted by molar-refractivity contribution is -0.0286. The highest BCUT2D eigenvalue weighted by Gasteiger charge is 2.20. The summed E-state index contributed by atoms with van der Waals surface area (Å²) in [7, 11) is 0. The summed E-state index contributed by atoms with van der Waals surface area (Å²) >= 11 is 0. The Morgan fingerprint density at radius 1 is 1.10 bits per heavy atom. The van der Waals surface area contributed by atoms with E-state index in [9.17, 15) is 4.39 Å². The van der Waals surface area contributed by atoms with Crippen LogP contribution in [0.2, 0.25) is 0 Å². The Hall–Kier alpha value is -1.71. The number of nitrogens with one attached hydrogen (secondary N) is 1. The molecule has 2 atom stereocenters. The van der Waals surface area contributed by atoms with Gasteiger partial charge in [-0.3, -0.25) is 0 Å². The molecule has 0 aromatic heterocycles. The standard InChI is InChI=1S/C17H18FNO/c1-12-10-19-11-17(20-12)14-6-4-5-13(9-14)15-7-2-3-8-16(15)18/h2-9,12,17,19H,10-11H2,1H3. The van der Waals surface area contributed by atoms with Gasteiger partial charge in [0.15, 0.2) is 0 Å². The van der Waals surface area contributed by atoms with Crippen molar-refractivity contribution in [2.45, 2.75) is 19.1 Å². The van der Waals surface area contributed by atoms with Crippen LogP contribution >= 0.6 is 0 Å². The number of morpholine rings is 1. The summed E-state index contributed by atoms with van der Waals surface area (Å²) in [6.07, 6.45) is 0.233. The maximum atomic E-state index is 13.9. The fourth-order valence-electron chi connectivity index (χ4n) is 2.59. The summed E-state index contributed by atoms with van der Waals surface area (Å²) in [6.45, 7) is 3.73. The highest BCUT2D eigenvalue weighted by molar-refractivity contribution is 5.64. The fraction of sp³-hybridized carbons (Fsp3) is 0.294. The summed E-state index contributed by atoms with van der Waals surface area (Å²) in [5.41, 5.74) is 2.61. The number of halogens is 1. The molecule has 20 heavy (non-hydrogen) atoms. The molecule has 0 amide bonds. The molecule has 1 fully saturated rings. The van der Waals surface area contributed by atoms with Gasteiger partial charge in [-0.15, -0.1) is 0 Å². The second kappa shape index (κ2) is 5.73. The zero-order valence-corrected chi connectivity index (χ0v) is 11.5. The van der Waals surface area contributed by atoms with Crippen molar-refractivity contribution in [2.75, 3.05) is 13.1 Å². The number of hydrogen-bond donors (Lipinski definition) is 1. The van der Waals surface area contributed by atoms with Crippen LogP contribution in [0.3, 0.4) is 0 Å². The zero-order chi connectivity index (χ0) is 13.9. The molecule has 104 valence electrons. The molecule has 1 N–H and O–H groups in total. The van der Waals surface area contributed by atoms with Gasteiger partial charge < -0.3 is 10.1 Å². The van der Waals surface area contributed by atoms with E-state index in [-0.39, 0.29) is 18.0 Å². The Kier molecular flexibility index (Phi) is 3.81.